The van der Waals surface area contributed by atoms with E-state index in [4.69, 9.17) is 10.8 Å². The number of hydrogen-bond acceptors (Lipinski definition) is 5. The second-order valence-electron chi connectivity index (χ2n) is 3.84. The Kier molecular flexibility index (Phi) is 4.52. The van der Waals surface area contributed by atoms with Crippen LogP contribution >= 0.6 is 27.3 Å². The Morgan fingerprint density at radius 1 is 1.53 bits per heavy atom. The number of aromatic nitrogens is 1. The number of nitrogens with zero attached hydrogens (tertiary/aromatic N) is 1. The van der Waals surface area contributed by atoms with E-state index in [1.165, 1.54) is 11.3 Å². The van der Waals surface area contributed by atoms with Crippen LogP contribution < -0.4 is 11.1 Å². The lowest BCUT2D eigenvalue weighted by molar-refractivity contribution is -0.138. The first-order valence-electron chi connectivity index (χ1n) is 5.49. The van der Waals surface area contributed by atoms with Gasteiger partial charge in [0, 0.05) is 16.4 Å². The van der Waals surface area contributed by atoms with Gasteiger partial charge in [0.1, 0.15) is 6.04 Å². The van der Waals surface area contributed by atoms with E-state index in [0.717, 1.165) is 10.0 Å². The van der Waals surface area contributed by atoms with Crippen LogP contribution in [0.15, 0.2) is 34.1 Å². The summed E-state index contributed by atoms with van der Waals surface area (Å²) in [6.45, 7) is 0.608. The predicted molar refractivity (Wildman–Crippen MR) is 78.1 cm³/mol. The first-order chi connectivity index (χ1) is 9.08. The standard InChI is InChI=1S/C12H12BrN3O2S/c13-8-4-2-1-3-7(8)5-15-12-16-9(6-19-12)10(14)11(17)18/h1-4,6,10H,5,14H2,(H,15,16)(H,17,18). The number of hydrogen-bond donors (Lipinski definition) is 3. The van der Waals surface area contributed by atoms with Crippen molar-refractivity contribution in [3.05, 3.63) is 45.4 Å². The molecule has 0 aliphatic carbocycles. The number of carboxylic acid groups (broad SMARTS) is 1. The Morgan fingerprint density at radius 2 is 2.26 bits per heavy atom. The monoisotopic (exact) mass is 341 g/mol. The van der Waals surface area contributed by atoms with Gasteiger partial charge in [-0.1, -0.05) is 34.1 Å². The fourth-order valence-corrected chi connectivity index (χ4v) is 2.62. The van der Waals surface area contributed by atoms with Gasteiger partial charge in [-0.15, -0.1) is 11.3 Å². The van der Waals surface area contributed by atoms with Gasteiger partial charge in [-0.05, 0) is 11.6 Å². The Morgan fingerprint density at radius 3 is 2.95 bits per heavy atom. The van der Waals surface area contributed by atoms with Crippen LogP contribution in [0.4, 0.5) is 5.13 Å². The van der Waals surface area contributed by atoms with Crippen LogP contribution in [0.3, 0.4) is 0 Å². The van der Waals surface area contributed by atoms with Gasteiger partial charge in [0.05, 0.1) is 5.69 Å². The number of benzene rings is 1. The molecule has 0 bridgehead atoms. The molecule has 1 unspecified atom stereocenters. The zero-order chi connectivity index (χ0) is 13.8. The summed E-state index contributed by atoms with van der Waals surface area (Å²) < 4.78 is 1.02. The van der Waals surface area contributed by atoms with E-state index in [2.05, 4.69) is 26.2 Å². The molecule has 2 aromatic rings. The molecular formula is C12H12BrN3O2S. The first-order valence-corrected chi connectivity index (χ1v) is 7.16. The lowest BCUT2D eigenvalue weighted by Crippen LogP contribution is -2.20. The fraction of sp³-hybridized carbons (Fsp3) is 0.167. The summed E-state index contributed by atoms with van der Waals surface area (Å²) in [5, 5.41) is 14.3. The highest BCUT2D eigenvalue weighted by Gasteiger charge is 2.17. The average molecular weight is 342 g/mol. The molecule has 4 N–H and O–H groups in total. The molecule has 0 saturated heterocycles. The van der Waals surface area contributed by atoms with Crippen molar-refractivity contribution in [2.24, 2.45) is 5.73 Å². The summed E-state index contributed by atoms with van der Waals surface area (Å²) in [4.78, 5) is 14.9. The largest absolute Gasteiger partial charge is 0.480 e. The molecule has 1 aromatic carbocycles. The summed E-state index contributed by atoms with van der Waals surface area (Å²) in [7, 11) is 0. The van der Waals surface area contributed by atoms with Gasteiger partial charge in [-0.3, -0.25) is 4.79 Å². The van der Waals surface area contributed by atoms with Crippen molar-refractivity contribution in [2.75, 3.05) is 5.32 Å². The maximum atomic E-state index is 10.7. The minimum Gasteiger partial charge on any atom is -0.480 e. The summed E-state index contributed by atoms with van der Waals surface area (Å²) in [5.41, 5.74) is 6.96. The molecule has 2 rings (SSSR count). The number of nitrogens with two attached hydrogens (primary N) is 1. The second kappa shape index (κ2) is 6.14. The molecule has 19 heavy (non-hydrogen) atoms. The molecule has 5 nitrogen and oxygen atoms in total. The van der Waals surface area contributed by atoms with Crippen LogP contribution in [0.1, 0.15) is 17.3 Å². The number of halogens is 1. The molecule has 0 aliphatic rings. The maximum Gasteiger partial charge on any atom is 0.326 e. The quantitative estimate of drug-likeness (QED) is 0.777. The van der Waals surface area contributed by atoms with Gasteiger partial charge in [0.25, 0.3) is 0 Å². The number of aliphatic carboxylic acids is 1. The highest BCUT2D eigenvalue weighted by atomic mass is 79.9. The highest BCUT2D eigenvalue weighted by Crippen LogP contribution is 2.22. The number of anilines is 1. The van der Waals surface area contributed by atoms with E-state index >= 15 is 0 Å². The molecule has 1 aromatic heterocycles. The molecular weight excluding hydrogens is 330 g/mol. The average Bonchev–Trinajstić information content (AvgIpc) is 2.85. The normalized spacial score (nSPS) is 12.1. The van der Waals surface area contributed by atoms with Gasteiger partial charge >= 0.3 is 5.97 Å². The topological polar surface area (TPSA) is 88.2 Å². The van der Waals surface area contributed by atoms with Gasteiger partial charge in [-0.2, -0.15) is 0 Å². The molecule has 100 valence electrons. The Balaban J connectivity index is 2.01. The van der Waals surface area contributed by atoms with Crippen LogP contribution in [-0.2, 0) is 11.3 Å². The van der Waals surface area contributed by atoms with Crippen molar-refractivity contribution in [1.82, 2.24) is 4.98 Å². The van der Waals surface area contributed by atoms with Crippen LogP contribution in [0.5, 0.6) is 0 Å². The Bertz CT molecular complexity index is 588. The van der Waals surface area contributed by atoms with Crippen molar-refractivity contribution in [3.8, 4) is 0 Å². The number of carboxylic acids is 1. The third kappa shape index (κ3) is 3.52. The van der Waals surface area contributed by atoms with Crippen LogP contribution in [0.25, 0.3) is 0 Å². The van der Waals surface area contributed by atoms with Gasteiger partial charge in [0.15, 0.2) is 5.13 Å². The van der Waals surface area contributed by atoms with Crippen LogP contribution in [-0.4, -0.2) is 16.1 Å². The van der Waals surface area contributed by atoms with Crippen LogP contribution in [0.2, 0.25) is 0 Å². The van der Waals surface area contributed by atoms with Gasteiger partial charge < -0.3 is 16.2 Å². The smallest absolute Gasteiger partial charge is 0.326 e. The molecule has 1 heterocycles. The van der Waals surface area contributed by atoms with Gasteiger partial charge in [-0.25, -0.2) is 4.98 Å². The van der Waals surface area contributed by atoms with E-state index < -0.39 is 12.0 Å². The molecule has 7 heteroatoms. The van der Waals surface area contributed by atoms with Crippen molar-refractivity contribution in [2.45, 2.75) is 12.6 Å². The van der Waals surface area contributed by atoms with E-state index in [1.54, 1.807) is 5.38 Å². The molecule has 0 radical (unpaired) electrons. The minimum absolute atomic E-state index is 0.368. The third-order valence-electron chi connectivity index (χ3n) is 2.49. The van der Waals surface area contributed by atoms with Crippen LogP contribution in [0, 0.1) is 0 Å². The zero-order valence-corrected chi connectivity index (χ0v) is 12.2. The Hall–Kier alpha value is -1.44. The summed E-state index contributed by atoms with van der Waals surface area (Å²) >= 11 is 4.80. The number of carbonyl (C=O) groups is 1. The summed E-state index contributed by atoms with van der Waals surface area (Å²) in [5.74, 6) is -1.08. The van der Waals surface area contributed by atoms with Crippen molar-refractivity contribution < 1.29 is 9.90 Å². The number of nitrogens with one attached hydrogen (secondary N) is 1. The van der Waals surface area contributed by atoms with Gasteiger partial charge in [0.2, 0.25) is 0 Å². The lowest BCUT2D eigenvalue weighted by atomic mass is 10.2. The molecule has 0 spiro atoms. The van der Waals surface area contributed by atoms with E-state index in [9.17, 15) is 4.79 Å². The molecule has 1 atom stereocenters. The first kappa shape index (κ1) is 14.0. The SMILES string of the molecule is NC(C(=O)O)c1csc(NCc2ccccc2Br)n1. The lowest BCUT2D eigenvalue weighted by Gasteiger charge is -2.05. The third-order valence-corrected chi connectivity index (χ3v) is 4.09. The molecule has 0 fully saturated rings. The van der Waals surface area contributed by atoms with E-state index in [-0.39, 0.29) is 0 Å². The Labute approximate surface area is 122 Å². The van der Waals surface area contributed by atoms with Crippen molar-refractivity contribution in [3.63, 3.8) is 0 Å². The fourth-order valence-electron chi connectivity index (χ4n) is 1.45. The molecule has 0 amide bonds. The maximum absolute atomic E-state index is 10.7. The minimum atomic E-state index is -1.08. The molecule has 0 saturated carbocycles. The highest BCUT2D eigenvalue weighted by molar-refractivity contribution is 9.10. The predicted octanol–water partition coefficient (Wildman–Crippen LogP) is 2.60. The molecule has 0 aliphatic heterocycles. The van der Waals surface area contributed by atoms with Crippen molar-refractivity contribution >= 4 is 38.4 Å². The zero-order valence-electron chi connectivity index (χ0n) is 9.84. The van der Waals surface area contributed by atoms with E-state index in [1.807, 2.05) is 24.3 Å². The van der Waals surface area contributed by atoms with Crippen molar-refractivity contribution in [1.29, 1.82) is 0 Å². The second-order valence-corrected chi connectivity index (χ2v) is 5.55. The number of rotatable bonds is 5. The van der Waals surface area contributed by atoms with E-state index in [0.29, 0.717) is 17.4 Å². The summed E-state index contributed by atoms with van der Waals surface area (Å²) in [6.07, 6.45) is 0. The number of thiazole rings is 1. The summed E-state index contributed by atoms with van der Waals surface area (Å²) in [6, 6.07) is 6.78.